The minimum Gasteiger partial charge on any atom is -0.369 e. The third-order valence-corrected chi connectivity index (χ3v) is 5.62. The van der Waals surface area contributed by atoms with E-state index in [4.69, 9.17) is 11.0 Å². The summed E-state index contributed by atoms with van der Waals surface area (Å²) in [6.07, 6.45) is 3.09. The van der Waals surface area contributed by atoms with Gasteiger partial charge in [-0.05, 0) is 43.4 Å². The zero-order valence-corrected chi connectivity index (χ0v) is 17.0. The predicted molar refractivity (Wildman–Crippen MR) is 110 cm³/mol. The molecule has 0 bridgehead atoms. The largest absolute Gasteiger partial charge is 0.369 e. The number of guanidine groups is 1. The molecule has 0 radical (unpaired) electrons. The Bertz CT molecular complexity index is 1010. The number of carbonyl (C=O) groups excluding carboxylic acids is 1. The van der Waals surface area contributed by atoms with Gasteiger partial charge in [0.1, 0.15) is 17.2 Å². The van der Waals surface area contributed by atoms with Gasteiger partial charge in [-0.2, -0.15) is 5.26 Å². The normalized spacial score (nSPS) is 21.3. The lowest BCUT2D eigenvalue weighted by molar-refractivity contribution is -0.130. The van der Waals surface area contributed by atoms with E-state index in [1.54, 1.807) is 6.92 Å². The van der Waals surface area contributed by atoms with Crippen molar-refractivity contribution in [1.82, 2.24) is 4.90 Å². The van der Waals surface area contributed by atoms with Crippen molar-refractivity contribution < 1.29 is 13.6 Å². The number of nitriles is 1. The maximum absolute atomic E-state index is 14.7. The summed E-state index contributed by atoms with van der Waals surface area (Å²) in [5.41, 5.74) is 6.50. The van der Waals surface area contributed by atoms with Crippen molar-refractivity contribution >= 4 is 11.9 Å². The molecule has 0 spiro atoms. The van der Waals surface area contributed by atoms with Crippen molar-refractivity contribution in [3.8, 4) is 6.07 Å². The SMILES string of the molecule is CN1C(=O)[C@H](c2ccc(CCCCC#N)cc2)[C@@](C)(c2ccc(F)cc2F)N=C1N. The zero-order chi connectivity index (χ0) is 21.9. The number of benzene rings is 2. The fourth-order valence-corrected chi connectivity index (χ4v) is 3.92. The summed E-state index contributed by atoms with van der Waals surface area (Å²) in [7, 11) is 1.53. The van der Waals surface area contributed by atoms with Crippen molar-refractivity contribution in [2.24, 2.45) is 10.7 Å². The fourth-order valence-electron chi connectivity index (χ4n) is 3.92. The summed E-state index contributed by atoms with van der Waals surface area (Å²) in [6.45, 7) is 1.64. The number of hydrogen-bond acceptors (Lipinski definition) is 4. The molecule has 2 aromatic rings. The maximum Gasteiger partial charge on any atom is 0.239 e. The van der Waals surface area contributed by atoms with Gasteiger partial charge in [0.25, 0.3) is 0 Å². The van der Waals surface area contributed by atoms with Crippen LogP contribution in [0.5, 0.6) is 0 Å². The van der Waals surface area contributed by atoms with E-state index in [0.717, 1.165) is 37.0 Å². The van der Waals surface area contributed by atoms with Crippen molar-refractivity contribution in [1.29, 1.82) is 5.26 Å². The number of aryl methyl sites for hydroxylation is 1. The topological polar surface area (TPSA) is 82.5 Å². The van der Waals surface area contributed by atoms with Crippen LogP contribution < -0.4 is 5.73 Å². The van der Waals surface area contributed by atoms with Crippen LogP contribution in [-0.4, -0.2) is 23.8 Å². The summed E-state index contributed by atoms with van der Waals surface area (Å²) >= 11 is 0. The van der Waals surface area contributed by atoms with Crippen LogP contribution in [0.25, 0.3) is 0 Å². The van der Waals surface area contributed by atoms with Crippen LogP contribution in [-0.2, 0) is 16.8 Å². The van der Waals surface area contributed by atoms with Crippen LogP contribution in [0.1, 0.15) is 48.8 Å². The number of unbranched alkanes of at least 4 members (excludes halogenated alkanes) is 2. The lowest BCUT2D eigenvalue weighted by Crippen LogP contribution is -2.52. The van der Waals surface area contributed by atoms with E-state index in [1.165, 1.54) is 18.0 Å². The molecule has 156 valence electrons. The van der Waals surface area contributed by atoms with E-state index >= 15 is 0 Å². The summed E-state index contributed by atoms with van der Waals surface area (Å²) in [5.74, 6) is -2.62. The number of hydrogen-bond donors (Lipinski definition) is 1. The summed E-state index contributed by atoms with van der Waals surface area (Å²) < 4.78 is 28.2. The lowest BCUT2D eigenvalue weighted by Gasteiger charge is -2.41. The Morgan fingerprint density at radius 2 is 1.90 bits per heavy atom. The van der Waals surface area contributed by atoms with Crippen molar-refractivity contribution in [2.45, 2.75) is 44.1 Å². The minimum atomic E-state index is -1.32. The molecule has 0 aliphatic carbocycles. The van der Waals surface area contributed by atoms with Crippen molar-refractivity contribution in [2.75, 3.05) is 7.05 Å². The molecule has 30 heavy (non-hydrogen) atoms. The second kappa shape index (κ2) is 8.62. The molecule has 1 aliphatic rings. The first kappa shape index (κ1) is 21.4. The number of nitrogens with zero attached hydrogens (tertiary/aromatic N) is 3. The monoisotopic (exact) mass is 410 g/mol. The van der Waals surface area contributed by atoms with Gasteiger partial charge in [0, 0.05) is 25.1 Å². The van der Waals surface area contributed by atoms with E-state index in [-0.39, 0.29) is 17.4 Å². The molecule has 7 heteroatoms. The number of carbonyl (C=O) groups is 1. The van der Waals surface area contributed by atoms with Gasteiger partial charge in [-0.15, -0.1) is 0 Å². The van der Waals surface area contributed by atoms with Crippen molar-refractivity contribution in [3.63, 3.8) is 0 Å². The molecule has 2 aromatic carbocycles. The molecule has 0 fully saturated rings. The Labute approximate surface area is 174 Å². The number of nitrogens with two attached hydrogens (primary N) is 1. The molecule has 1 aliphatic heterocycles. The van der Waals surface area contributed by atoms with E-state index in [1.807, 2.05) is 24.3 Å². The van der Waals surface area contributed by atoms with Crippen LogP contribution in [0.15, 0.2) is 47.5 Å². The number of likely N-dealkylation sites (N-methyl/N-ethyl adjacent to an activating group) is 1. The minimum absolute atomic E-state index is 0.0170. The lowest BCUT2D eigenvalue weighted by atomic mass is 9.74. The van der Waals surface area contributed by atoms with Gasteiger partial charge < -0.3 is 5.73 Å². The Kier molecular flexibility index (Phi) is 6.16. The van der Waals surface area contributed by atoms with Gasteiger partial charge in [-0.3, -0.25) is 9.69 Å². The highest BCUT2D eigenvalue weighted by Gasteiger charge is 2.48. The molecule has 0 saturated heterocycles. The summed E-state index contributed by atoms with van der Waals surface area (Å²) in [4.78, 5) is 18.9. The van der Waals surface area contributed by atoms with Gasteiger partial charge in [0.05, 0.1) is 12.0 Å². The Morgan fingerprint density at radius 3 is 2.53 bits per heavy atom. The average molecular weight is 410 g/mol. The standard InChI is InChI=1S/C23H24F2N4O/c1-23(18-12-11-17(24)14-19(18)25)20(21(30)29(2)22(27)28-23)16-9-7-15(8-10-16)6-4-3-5-13-26/h7-12,14,20H,3-6H2,1-2H3,(H2,27,28)/t20-,23+/m0/s1. The first-order valence-corrected chi connectivity index (χ1v) is 9.82. The molecular formula is C23H24F2N4O. The third-order valence-electron chi connectivity index (χ3n) is 5.62. The molecule has 3 rings (SSSR count). The fraction of sp³-hybridized carbons (Fsp3) is 0.348. The highest BCUT2D eigenvalue weighted by molar-refractivity contribution is 6.02. The Hall–Kier alpha value is -3.27. The van der Waals surface area contributed by atoms with E-state index in [0.29, 0.717) is 12.0 Å². The molecule has 2 atom stereocenters. The van der Waals surface area contributed by atoms with Crippen LogP contribution >= 0.6 is 0 Å². The van der Waals surface area contributed by atoms with Crippen LogP contribution in [0.3, 0.4) is 0 Å². The van der Waals surface area contributed by atoms with E-state index < -0.39 is 23.1 Å². The molecule has 0 saturated carbocycles. The molecule has 1 heterocycles. The smallest absolute Gasteiger partial charge is 0.239 e. The first-order valence-electron chi connectivity index (χ1n) is 9.82. The Balaban J connectivity index is 2.00. The zero-order valence-electron chi connectivity index (χ0n) is 17.0. The predicted octanol–water partition coefficient (Wildman–Crippen LogP) is 3.99. The van der Waals surface area contributed by atoms with Gasteiger partial charge in [0.2, 0.25) is 5.91 Å². The number of amides is 1. The van der Waals surface area contributed by atoms with Crippen molar-refractivity contribution in [3.05, 3.63) is 70.8 Å². The average Bonchev–Trinajstić information content (AvgIpc) is 2.70. The molecule has 0 unspecified atom stereocenters. The second-order valence-corrected chi connectivity index (χ2v) is 7.68. The van der Waals surface area contributed by atoms with Crippen LogP contribution in [0, 0.1) is 23.0 Å². The molecule has 2 N–H and O–H groups in total. The van der Waals surface area contributed by atoms with Crippen LogP contribution in [0.4, 0.5) is 8.78 Å². The van der Waals surface area contributed by atoms with Gasteiger partial charge in [0.15, 0.2) is 5.96 Å². The quantitative estimate of drug-likeness (QED) is 0.731. The van der Waals surface area contributed by atoms with E-state index in [9.17, 15) is 13.6 Å². The highest BCUT2D eigenvalue weighted by atomic mass is 19.1. The Morgan fingerprint density at radius 1 is 1.20 bits per heavy atom. The molecular weight excluding hydrogens is 386 g/mol. The van der Waals surface area contributed by atoms with Crippen LogP contribution in [0.2, 0.25) is 0 Å². The molecule has 5 nitrogen and oxygen atoms in total. The molecule has 1 amide bonds. The van der Waals surface area contributed by atoms with Gasteiger partial charge in [-0.1, -0.05) is 30.3 Å². The number of aliphatic imine (C=N–C) groups is 1. The molecule has 0 aromatic heterocycles. The maximum atomic E-state index is 14.7. The third kappa shape index (κ3) is 4.04. The van der Waals surface area contributed by atoms with E-state index in [2.05, 4.69) is 11.1 Å². The summed E-state index contributed by atoms with van der Waals surface area (Å²) in [6, 6.07) is 12.9. The number of halogens is 2. The number of rotatable bonds is 6. The second-order valence-electron chi connectivity index (χ2n) is 7.68. The summed E-state index contributed by atoms with van der Waals surface area (Å²) in [5, 5.41) is 8.63. The highest BCUT2D eigenvalue weighted by Crippen LogP contribution is 2.44. The first-order chi connectivity index (χ1) is 14.3. The van der Waals surface area contributed by atoms with Gasteiger partial charge in [-0.25, -0.2) is 13.8 Å². The van der Waals surface area contributed by atoms with Gasteiger partial charge >= 0.3 is 0 Å².